The minimum atomic E-state index is -0.433. The maximum Gasteiger partial charge on any atom is 0.322 e. The number of hydrogen-bond acceptors (Lipinski definition) is 3. The van der Waals surface area contributed by atoms with E-state index in [2.05, 4.69) is 16.0 Å². The number of para-hydroxylation sites is 1. The van der Waals surface area contributed by atoms with Gasteiger partial charge in [-0.25, -0.2) is 4.79 Å². The first-order valence-corrected chi connectivity index (χ1v) is 9.35. The maximum atomic E-state index is 12.5. The number of amides is 4. The van der Waals surface area contributed by atoms with E-state index in [0.29, 0.717) is 16.9 Å². The highest BCUT2D eigenvalue weighted by Crippen LogP contribution is 2.19. The second kappa shape index (κ2) is 9.23. The van der Waals surface area contributed by atoms with E-state index in [-0.39, 0.29) is 23.9 Å². The number of rotatable bonds is 5. The van der Waals surface area contributed by atoms with Crippen molar-refractivity contribution >= 4 is 29.2 Å². The Kier molecular flexibility index (Phi) is 6.98. The minimum Gasteiger partial charge on any atom is -0.350 e. The van der Waals surface area contributed by atoms with Crippen LogP contribution in [0.3, 0.4) is 0 Å². The summed E-state index contributed by atoms with van der Waals surface area (Å²) in [5.41, 5.74) is 2.06. The van der Waals surface area contributed by atoms with Gasteiger partial charge in [0.25, 0.3) is 5.91 Å². The lowest BCUT2D eigenvalue weighted by Gasteiger charge is -2.23. The van der Waals surface area contributed by atoms with Crippen molar-refractivity contribution in [3.05, 3.63) is 59.7 Å². The largest absolute Gasteiger partial charge is 0.350 e. The van der Waals surface area contributed by atoms with Crippen LogP contribution in [0.2, 0.25) is 0 Å². The van der Waals surface area contributed by atoms with Crippen LogP contribution in [0.5, 0.6) is 0 Å². The lowest BCUT2D eigenvalue weighted by atomic mass is 10.1. The van der Waals surface area contributed by atoms with Crippen molar-refractivity contribution in [2.24, 2.45) is 0 Å². The predicted molar refractivity (Wildman–Crippen MR) is 115 cm³/mol. The predicted octanol–water partition coefficient (Wildman–Crippen LogP) is 3.63. The molecule has 0 spiro atoms. The molecule has 3 N–H and O–H groups in total. The third kappa shape index (κ3) is 6.95. The van der Waals surface area contributed by atoms with Crippen LogP contribution in [0.4, 0.5) is 16.2 Å². The molecule has 0 bridgehead atoms. The molecule has 29 heavy (non-hydrogen) atoms. The van der Waals surface area contributed by atoms with Gasteiger partial charge in [0.05, 0.1) is 0 Å². The molecule has 0 aromatic heterocycles. The normalized spacial score (nSPS) is 10.8. The molecule has 2 rings (SSSR count). The molecule has 7 heteroatoms. The Hall–Kier alpha value is -3.35. The second-order valence-corrected chi connectivity index (χ2v) is 7.93. The number of nitrogens with one attached hydrogen (secondary N) is 3. The number of urea groups is 1. The van der Waals surface area contributed by atoms with Crippen molar-refractivity contribution in [1.82, 2.24) is 10.2 Å². The van der Waals surface area contributed by atoms with E-state index in [0.717, 1.165) is 5.56 Å². The summed E-state index contributed by atoms with van der Waals surface area (Å²) in [5, 5.41) is 8.39. The van der Waals surface area contributed by atoms with Crippen molar-refractivity contribution in [2.75, 3.05) is 24.2 Å². The van der Waals surface area contributed by atoms with Crippen LogP contribution in [-0.2, 0) is 4.79 Å². The number of anilines is 2. The SMILES string of the molecule is Cc1ccc(C(=O)Nc2ccccc2)cc1NC(=O)N(C)CC(=O)NC(C)(C)C. The third-order valence-corrected chi connectivity index (χ3v) is 4.01. The molecular formula is C22H28N4O3. The Morgan fingerprint density at radius 2 is 1.62 bits per heavy atom. The maximum absolute atomic E-state index is 12.5. The number of benzene rings is 2. The second-order valence-electron chi connectivity index (χ2n) is 7.93. The molecule has 0 aliphatic carbocycles. The summed E-state index contributed by atoms with van der Waals surface area (Å²) in [6.07, 6.45) is 0. The highest BCUT2D eigenvalue weighted by Gasteiger charge is 2.18. The molecule has 0 saturated heterocycles. The summed E-state index contributed by atoms with van der Waals surface area (Å²) < 4.78 is 0. The van der Waals surface area contributed by atoms with Gasteiger partial charge in [-0.15, -0.1) is 0 Å². The van der Waals surface area contributed by atoms with Crippen LogP contribution in [0.15, 0.2) is 48.5 Å². The summed E-state index contributed by atoms with van der Waals surface area (Å²) in [6.45, 7) is 7.39. The van der Waals surface area contributed by atoms with E-state index in [1.54, 1.807) is 37.4 Å². The summed E-state index contributed by atoms with van der Waals surface area (Å²) in [4.78, 5) is 38.3. The lowest BCUT2D eigenvalue weighted by molar-refractivity contribution is -0.122. The van der Waals surface area contributed by atoms with Gasteiger partial charge in [-0.05, 0) is 57.5 Å². The lowest BCUT2D eigenvalue weighted by Crippen LogP contribution is -2.47. The van der Waals surface area contributed by atoms with Gasteiger partial charge in [-0.1, -0.05) is 24.3 Å². The Morgan fingerprint density at radius 3 is 2.24 bits per heavy atom. The van der Waals surface area contributed by atoms with Gasteiger partial charge in [0.2, 0.25) is 5.91 Å². The quantitative estimate of drug-likeness (QED) is 0.721. The molecule has 0 unspecified atom stereocenters. The van der Waals surface area contributed by atoms with E-state index >= 15 is 0 Å². The number of likely N-dealkylation sites (N-methyl/N-ethyl adjacent to an activating group) is 1. The monoisotopic (exact) mass is 396 g/mol. The van der Waals surface area contributed by atoms with Gasteiger partial charge < -0.3 is 20.9 Å². The highest BCUT2D eigenvalue weighted by atomic mass is 16.2. The van der Waals surface area contributed by atoms with E-state index in [1.807, 2.05) is 45.9 Å². The molecule has 154 valence electrons. The molecule has 0 fully saturated rings. The molecule has 0 aliphatic heterocycles. The number of nitrogens with zero attached hydrogens (tertiary/aromatic N) is 1. The van der Waals surface area contributed by atoms with Crippen LogP contribution in [0.25, 0.3) is 0 Å². The van der Waals surface area contributed by atoms with Crippen LogP contribution in [0, 0.1) is 6.92 Å². The summed E-state index contributed by atoms with van der Waals surface area (Å²) in [7, 11) is 1.54. The molecular weight excluding hydrogens is 368 g/mol. The summed E-state index contributed by atoms with van der Waals surface area (Å²) in [6, 6.07) is 13.8. The van der Waals surface area contributed by atoms with E-state index in [9.17, 15) is 14.4 Å². The zero-order valence-corrected chi connectivity index (χ0v) is 17.5. The minimum absolute atomic E-state index is 0.0731. The van der Waals surface area contributed by atoms with Crippen molar-refractivity contribution in [3.63, 3.8) is 0 Å². The fourth-order valence-electron chi connectivity index (χ4n) is 2.58. The number of carbonyl (C=O) groups is 3. The van der Waals surface area contributed by atoms with Gasteiger partial charge in [0, 0.05) is 29.5 Å². The molecule has 0 atom stereocenters. The van der Waals surface area contributed by atoms with E-state index in [1.165, 1.54) is 4.90 Å². The van der Waals surface area contributed by atoms with Crippen molar-refractivity contribution in [2.45, 2.75) is 33.2 Å². The first kappa shape index (κ1) is 21.9. The van der Waals surface area contributed by atoms with Crippen LogP contribution < -0.4 is 16.0 Å². The molecule has 0 heterocycles. The highest BCUT2D eigenvalue weighted by molar-refractivity contribution is 6.05. The molecule has 2 aromatic carbocycles. The average molecular weight is 396 g/mol. The third-order valence-electron chi connectivity index (χ3n) is 4.01. The molecule has 0 saturated carbocycles. The Morgan fingerprint density at radius 1 is 0.966 bits per heavy atom. The van der Waals surface area contributed by atoms with E-state index in [4.69, 9.17) is 0 Å². The van der Waals surface area contributed by atoms with Gasteiger partial charge >= 0.3 is 6.03 Å². The molecule has 0 aliphatic rings. The average Bonchev–Trinajstić information content (AvgIpc) is 2.62. The molecule has 2 aromatic rings. The number of aryl methyl sites for hydroxylation is 1. The first-order valence-electron chi connectivity index (χ1n) is 9.35. The fourth-order valence-corrected chi connectivity index (χ4v) is 2.58. The van der Waals surface area contributed by atoms with Crippen LogP contribution in [-0.4, -0.2) is 41.9 Å². The Bertz CT molecular complexity index is 889. The van der Waals surface area contributed by atoms with Gasteiger partial charge in [-0.2, -0.15) is 0 Å². The standard InChI is InChI=1S/C22H28N4O3/c1-15-11-12-16(20(28)23-17-9-7-6-8-10-17)13-18(15)24-21(29)26(5)14-19(27)25-22(2,3)4/h6-13H,14H2,1-5H3,(H,23,28)(H,24,29)(H,25,27). The fraction of sp³-hybridized carbons (Fsp3) is 0.318. The number of hydrogen-bond donors (Lipinski definition) is 3. The zero-order valence-electron chi connectivity index (χ0n) is 17.5. The summed E-state index contributed by atoms with van der Waals surface area (Å²) >= 11 is 0. The zero-order chi connectivity index (χ0) is 21.6. The smallest absolute Gasteiger partial charge is 0.322 e. The van der Waals surface area contributed by atoms with Crippen LogP contribution in [0.1, 0.15) is 36.7 Å². The number of carbonyl (C=O) groups excluding carboxylic acids is 3. The van der Waals surface area contributed by atoms with Crippen molar-refractivity contribution in [1.29, 1.82) is 0 Å². The Balaban J connectivity index is 2.04. The van der Waals surface area contributed by atoms with Crippen molar-refractivity contribution in [3.8, 4) is 0 Å². The van der Waals surface area contributed by atoms with Crippen LogP contribution >= 0.6 is 0 Å². The topological polar surface area (TPSA) is 90.5 Å². The van der Waals surface area contributed by atoms with E-state index < -0.39 is 6.03 Å². The molecule has 4 amide bonds. The van der Waals surface area contributed by atoms with Gasteiger partial charge in [0.1, 0.15) is 6.54 Å². The van der Waals surface area contributed by atoms with Gasteiger partial charge in [0.15, 0.2) is 0 Å². The van der Waals surface area contributed by atoms with Crippen molar-refractivity contribution < 1.29 is 14.4 Å². The van der Waals surface area contributed by atoms with Gasteiger partial charge in [-0.3, -0.25) is 9.59 Å². The first-order chi connectivity index (χ1) is 13.5. The Labute approximate surface area is 171 Å². The summed E-state index contributed by atoms with van der Waals surface area (Å²) in [5.74, 6) is -0.521. The molecule has 0 radical (unpaired) electrons. The molecule has 7 nitrogen and oxygen atoms in total.